The van der Waals surface area contributed by atoms with Crippen LogP contribution in [0.25, 0.3) is 82.9 Å². The number of hydrogen-bond acceptors (Lipinski definition) is 6. The van der Waals surface area contributed by atoms with Crippen LogP contribution in [0.4, 0.5) is 0 Å². The minimum atomic E-state index is -1.54. The zero-order valence-electron chi connectivity index (χ0n) is 30.8. The summed E-state index contributed by atoms with van der Waals surface area (Å²) in [5.41, 5.74) is 8.54. The monoisotopic (exact) mass is 763 g/mol. The minimum absolute atomic E-state index is 0.709. The van der Waals surface area contributed by atoms with Gasteiger partial charge in [0.1, 0.15) is 0 Å². The van der Waals surface area contributed by atoms with E-state index in [-0.39, 0.29) is 0 Å². The fourth-order valence-electron chi connectivity index (χ4n) is 8.54. The number of fused-ring (bicyclic) bond motifs is 9. The van der Waals surface area contributed by atoms with Crippen LogP contribution in [0.1, 0.15) is 0 Å². The van der Waals surface area contributed by atoms with Crippen LogP contribution in [-0.2, 0) is 0 Å². The first kappa shape index (κ1) is 32.6. The Hall–Kier alpha value is -7.61. The van der Waals surface area contributed by atoms with Gasteiger partial charge < -0.3 is 0 Å². The molecule has 0 fully saturated rings. The molecule has 0 aliphatic carbocycles. The van der Waals surface area contributed by atoms with Gasteiger partial charge in [0.2, 0.25) is 0 Å². The Morgan fingerprint density at radius 1 is 0.276 bits per heavy atom. The van der Waals surface area contributed by atoms with E-state index in [4.69, 9.17) is 29.9 Å². The average molecular weight is 764 g/mol. The first-order valence-electron chi connectivity index (χ1n) is 19.0. The van der Waals surface area contributed by atoms with Gasteiger partial charge in [0, 0.05) is 32.3 Å². The highest BCUT2D eigenvalue weighted by atomic mass is 31.1. The maximum absolute atomic E-state index is 5.43. The van der Waals surface area contributed by atoms with Crippen LogP contribution < -0.4 is 16.3 Å². The third-order valence-corrected chi connectivity index (χ3v) is 13.0. The quantitative estimate of drug-likeness (QED) is 0.157. The normalized spacial score (nSPS) is 11.9. The number of rotatable bonds is 6. The van der Waals surface area contributed by atoms with E-state index in [1.165, 1.54) is 0 Å². The van der Waals surface area contributed by atoms with Crippen molar-refractivity contribution in [1.29, 1.82) is 0 Å². The standard InChI is InChI=1S/C48H30N9P/c1-7-19-37-31(13-1)32-14-2-8-20-38(32)55(37)43-25-49-28-46(52-43)58(47-29-50-26-44(53-47)56-39-21-9-3-15-33(39)34-16-4-10-22-40(34)56)48-30-51-27-45(54-48)57-41-23-11-5-17-35(41)36-18-6-12-24-42(36)57/h1-30H. The molecule has 272 valence electrons. The SMILES string of the molecule is c1ccc2c(c1)c1ccccc1n2-c1cncc(P(c2cncc(-n3c4ccccc4c4ccccc43)n2)c2cncc(-n3c4ccccc4c4ccccc43)n2)n1. The molecule has 0 unspecified atom stereocenters. The van der Waals surface area contributed by atoms with E-state index in [9.17, 15) is 0 Å². The predicted molar refractivity (Wildman–Crippen MR) is 235 cm³/mol. The van der Waals surface area contributed by atoms with Crippen LogP contribution in [0.5, 0.6) is 0 Å². The molecule has 6 heterocycles. The zero-order chi connectivity index (χ0) is 38.2. The highest BCUT2D eigenvalue weighted by Gasteiger charge is 2.26. The van der Waals surface area contributed by atoms with Gasteiger partial charge in [-0.2, -0.15) is 0 Å². The van der Waals surface area contributed by atoms with Crippen LogP contribution in [0, 0.1) is 0 Å². The summed E-state index contributed by atoms with van der Waals surface area (Å²) in [6.07, 6.45) is 11.0. The molecule has 0 bridgehead atoms. The van der Waals surface area contributed by atoms with Crippen molar-refractivity contribution in [2.24, 2.45) is 0 Å². The largest absolute Gasteiger partial charge is 0.292 e. The molecule has 6 aromatic carbocycles. The molecule has 58 heavy (non-hydrogen) atoms. The second-order valence-corrected chi connectivity index (χ2v) is 16.2. The van der Waals surface area contributed by atoms with E-state index >= 15 is 0 Å². The predicted octanol–water partition coefficient (Wildman–Crippen LogP) is 9.11. The molecule has 0 spiro atoms. The van der Waals surface area contributed by atoms with Gasteiger partial charge in [-0.25, -0.2) is 15.0 Å². The molecule has 0 amide bonds. The Morgan fingerprint density at radius 3 is 0.741 bits per heavy atom. The van der Waals surface area contributed by atoms with Gasteiger partial charge in [0.05, 0.1) is 94.5 Å². The van der Waals surface area contributed by atoms with Crippen molar-refractivity contribution >= 4 is 89.6 Å². The van der Waals surface area contributed by atoms with Gasteiger partial charge in [-0.05, 0) is 36.4 Å². The lowest BCUT2D eigenvalue weighted by Crippen LogP contribution is -2.29. The highest BCUT2D eigenvalue weighted by Crippen LogP contribution is 2.36. The van der Waals surface area contributed by atoms with Crippen molar-refractivity contribution in [3.8, 4) is 17.5 Å². The molecule has 10 heteroatoms. The second-order valence-electron chi connectivity index (χ2n) is 14.2. The summed E-state index contributed by atoms with van der Waals surface area (Å²) >= 11 is 0. The van der Waals surface area contributed by atoms with Gasteiger partial charge in [-0.3, -0.25) is 28.7 Å². The van der Waals surface area contributed by atoms with E-state index in [2.05, 4.69) is 159 Å². The number of hydrogen-bond donors (Lipinski definition) is 0. The van der Waals surface area contributed by atoms with E-state index in [1.807, 2.05) is 37.2 Å². The Labute approximate surface area is 332 Å². The third-order valence-electron chi connectivity index (χ3n) is 10.9. The van der Waals surface area contributed by atoms with Crippen molar-refractivity contribution < 1.29 is 0 Å². The molecule has 12 aromatic rings. The Morgan fingerprint density at radius 2 is 0.500 bits per heavy atom. The summed E-state index contributed by atoms with van der Waals surface area (Å²) in [6.45, 7) is 0. The average Bonchev–Trinajstić information content (AvgIpc) is 3.93. The lowest BCUT2D eigenvalue weighted by molar-refractivity contribution is 1.05. The molecule has 0 aliphatic heterocycles. The van der Waals surface area contributed by atoms with Gasteiger partial charge >= 0.3 is 0 Å². The highest BCUT2D eigenvalue weighted by molar-refractivity contribution is 7.79. The van der Waals surface area contributed by atoms with Crippen LogP contribution in [0.15, 0.2) is 183 Å². The van der Waals surface area contributed by atoms with E-state index in [0.717, 1.165) is 81.7 Å². The molecular weight excluding hydrogens is 734 g/mol. The Kier molecular flexibility index (Phi) is 7.30. The molecule has 0 atom stereocenters. The van der Waals surface area contributed by atoms with Crippen LogP contribution >= 0.6 is 7.92 Å². The van der Waals surface area contributed by atoms with Crippen LogP contribution in [-0.4, -0.2) is 43.6 Å². The lowest BCUT2D eigenvalue weighted by atomic mass is 10.2. The summed E-state index contributed by atoms with van der Waals surface area (Å²) in [4.78, 5) is 30.9. The molecule has 0 aliphatic rings. The van der Waals surface area contributed by atoms with Crippen molar-refractivity contribution in [3.05, 3.63) is 183 Å². The summed E-state index contributed by atoms with van der Waals surface area (Å²) in [7, 11) is -1.54. The smallest absolute Gasteiger partial charge is 0.156 e. The van der Waals surface area contributed by atoms with Gasteiger partial charge in [0.25, 0.3) is 0 Å². The minimum Gasteiger partial charge on any atom is -0.292 e. The summed E-state index contributed by atoms with van der Waals surface area (Å²) in [5, 5.41) is 6.93. The second kappa shape index (κ2) is 13.0. The number of benzene rings is 6. The Bertz CT molecular complexity index is 3030. The molecule has 0 saturated carbocycles. The maximum Gasteiger partial charge on any atom is 0.156 e. The molecule has 6 aromatic heterocycles. The number of aromatic nitrogens is 9. The summed E-state index contributed by atoms with van der Waals surface area (Å²) < 4.78 is 6.57. The molecule has 9 nitrogen and oxygen atoms in total. The number of nitrogens with zero attached hydrogens (tertiary/aromatic N) is 9. The van der Waals surface area contributed by atoms with Gasteiger partial charge in [-0.1, -0.05) is 109 Å². The first-order chi connectivity index (χ1) is 28.8. The molecule has 0 radical (unpaired) electrons. The van der Waals surface area contributed by atoms with Gasteiger partial charge in [0.15, 0.2) is 17.5 Å². The number of para-hydroxylation sites is 6. The fourth-order valence-corrected chi connectivity index (χ4v) is 10.4. The zero-order valence-corrected chi connectivity index (χ0v) is 31.7. The third kappa shape index (κ3) is 4.94. The molecule has 0 saturated heterocycles. The first-order valence-corrected chi connectivity index (χ1v) is 20.4. The van der Waals surface area contributed by atoms with Crippen molar-refractivity contribution in [2.45, 2.75) is 0 Å². The molecule has 0 N–H and O–H groups in total. The lowest BCUT2D eigenvalue weighted by Gasteiger charge is -2.18. The van der Waals surface area contributed by atoms with E-state index < -0.39 is 7.92 Å². The van der Waals surface area contributed by atoms with Crippen LogP contribution in [0.3, 0.4) is 0 Å². The molecule has 12 rings (SSSR count). The maximum atomic E-state index is 5.43. The van der Waals surface area contributed by atoms with Crippen molar-refractivity contribution in [1.82, 2.24) is 43.6 Å². The topological polar surface area (TPSA) is 92.1 Å². The van der Waals surface area contributed by atoms with Crippen LogP contribution in [0.2, 0.25) is 0 Å². The fraction of sp³-hybridized carbons (Fsp3) is 0. The van der Waals surface area contributed by atoms with Crippen molar-refractivity contribution in [2.75, 3.05) is 0 Å². The van der Waals surface area contributed by atoms with E-state index in [1.54, 1.807) is 0 Å². The van der Waals surface area contributed by atoms with E-state index in [0.29, 0.717) is 17.5 Å². The van der Waals surface area contributed by atoms with Crippen molar-refractivity contribution in [3.63, 3.8) is 0 Å². The molecular formula is C48H30N9P. The summed E-state index contributed by atoms with van der Waals surface area (Å²) in [5.74, 6) is 2.13. The Balaban J connectivity index is 1.10. The summed E-state index contributed by atoms with van der Waals surface area (Å²) in [6, 6.07) is 50.6. The van der Waals surface area contributed by atoms with Gasteiger partial charge in [-0.15, -0.1) is 0 Å².